The first-order valence-electron chi connectivity index (χ1n) is 3.88. The van der Waals surface area contributed by atoms with Crippen molar-refractivity contribution in [2.24, 2.45) is 0 Å². The average Bonchev–Trinajstić information content (AvgIpc) is 2.04. The van der Waals surface area contributed by atoms with Gasteiger partial charge < -0.3 is 9.88 Å². The second kappa shape index (κ2) is 4.08. The molecule has 0 N–H and O–H groups in total. The van der Waals surface area contributed by atoms with Crippen LogP contribution in [0, 0.1) is 6.07 Å². The van der Waals surface area contributed by atoms with Crippen LogP contribution < -0.4 is 0 Å². The maximum absolute atomic E-state index is 4.27. The van der Waals surface area contributed by atoms with E-state index in [0.717, 1.165) is 19.5 Å². The number of rotatable bonds is 0. The first kappa shape index (κ1) is 9.78. The first-order chi connectivity index (χ1) is 5.36. The van der Waals surface area contributed by atoms with Crippen LogP contribution in [0.4, 0.5) is 0 Å². The molecule has 1 aromatic rings. The van der Waals surface area contributed by atoms with E-state index in [2.05, 4.69) is 23.0 Å². The van der Waals surface area contributed by atoms with Crippen molar-refractivity contribution in [3.63, 3.8) is 0 Å². The summed E-state index contributed by atoms with van der Waals surface area (Å²) in [5.41, 5.74) is 2.59. The smallest absolute Gasteiger partial charge is 0.000578 e. The van der Waals surface area contributed by atoms with E-state index < -0.39 is 0 Å². The zero-order valence-electron chi connectivity index (χ0n) is 7.12. The summed E-state index contributed by atoms with van der Waals surface area (Å²) in [4.78, 5) is 6.57. The van der Waals surface area contributed by atoms with Gasteiger partial charge >= 0.3 is 0 Å². The summed E-state index contributed by atoms with van der Waals surface area (Å²) in [5.74, 6) is 0. The molecule has 0 aromatic carbocycles. The number of hydrogen-bond acceptors (Lipinski definition) is 2. The molecule has 2 rings (SSSR count). The zero-order valence-corrected chi connectivity index (χ0v) is 8.51. The normalized spacial score (nSPS) is 16.4. The molecule has 1 radical (unpaired) electrons. The molecule has 12 heavy (non-hydrogen) atoms. The minimum atomic E-state index is 0. The van der Waals surface area contributed by atoms with Crippen molar-refractivity contribution < 1.29 is 18.6 Å². The van der Waals surface area contributed by atoms with Crippen LogP contribution in [0.25, 0.3) is 0 Å². The van der Waals surface area contributed by atoms with Crippen LogP contribution in [0.1, 0.15) is 11.3 Å². The van der Waals surface area contributed by atoms with Gasteiger partial charge in [-0.2, -0.15) is 5.56 Å². The summed E-state index contributed by atoms with van der Waals surface area (Å²) in [6.45, 7) is 2.16. The summed E-state index contributed by atoms with van der Waals surface area (Å²) < 4.78 is 0. The summed E-state index contributed by atoms with van der Waals surface area (Å²) >= 11 is 0. The van der Waals surface area contributed by atoms with Gasteiger partial charge in [0.2, 0.25) is 0 Å². The van der Waals surface area contributed by atoms with E-state index in [1.165, 1.54) is 11.3 Å². The van der Waals surface area contributed by atoms with E-state index in [0.29, 0.717) is 0 Å². The van der Waals surface area contributed by atoms with E-state index in [1.54, 1.807) is 6.20 Å². The third-order valence-electron chi connectivity index (χ3n) is 2.09. The van der Waals surface area contributed by atoms with E-state index >= 15 is 0 Å². The van der Waals surface area contributed by atoms with Gasteiger partial charge in [-0.25, -0.2) is 12.1 Å². The van der Waals surface area contributed by atoms with Crippen LogP contribution in [-0.2, 0) is 31.5 Å². The zero-order chi connectivity index (χ0) is 7.68. The third kappa shape index (κ3) is 1.89. The van der Waals surface area contributed by atoms with Crippen molar-refractivity contribution in [3.8, 4) is 0 Å². The minimum absolute atomic E-state index is 0. The predicted octanol–water partition coefficient (Wildman–Crippen LogP) is 0.867. The van der Waals surface area contributed by atoms with Gasteiger partial charge in [-0.3, -0.25) is 0 Å². The molecule has 3 heteroatoms. The fraction of sp³-hybridized carbons (Fsp3) is 0.444. The second-order valence-electron chi connectivity index (χ2n) is 3.03. The monoisotopic (exact) mass is 198 g/mol. The fourth-order valence-corrected chi connectivity index (χ4v) is 1.45. The van der Waals surface area contributed by atoms with Gasteiger partial charge in [0.05, 0.1) is 0 Å². The van der Waals surface area contributed by atoms with Gasteiger partial charge in [-0.15, -0.1) is 0 Å². The Labute approximate surface area is 84.9 Å². The third-order valence-corrected chi connectivity index (χ3v) is 2.09. The molecular weight excluding hydrogens is 187 g/mol. The van der Waals surface area contributed by atoms with Crippen molar-refractivity contribution in [1.29, 1.82) is 0 Å². The number of aromatic nitrogens is 1. The summed E-state index contributed by atoms with van der Waals surface area (Å²) in [6, 6.07) is 5.04. The Bertz CT molecular complexity index is 262. The van der Waals surface area contributed by atoms with Crippen molar-refractivity contribution >= 4 is 0 Å². The molecule has 0 saturated heterocycles. The molecule has 0 unspecified atom stereocenters. The topological polar surface area (TPSA) is 16.1 Å². The van der Waals surface area contributed by atoms with Crippen LogP contribution in [0.3, 0.4) is 0 Å². The van der Waals surface area contributed by atoms with E-state index in [4.69, 9.17) is 0 Å². The van der Waals surface area contributed by atoms with Gasteiger partial charge in [0, 0.05) is 25.1 Å². The maximum atomic E-state index is 4.27. The Morgan fingerprint density at radius 1 is 1.58 bits per heavy atom. The van der Waals surface area contributed by atoms with Crippen LogP contribution in [0.15, 0.2) is 12.3 Å². The predicted molar refractivity (Wildman–Crippen MR) is 43.1 cm³/mol. The Hall–Kier alpha value is -0.306. The number of likely N-dealkylation sites (N-methyl/N-ethyl adjacent to an activating group) is 1. The molecule has 1 aliphatic rings. The fourth-order valence-electron chi connectivity index (χ4n) is 1.45. The van der Waals surface area contributed by atoms with Crippen LogP contribution in [-0.4, -0.2) is 23.5 Å². The summed E-state index contributed by atoms with van der Waals surface area (Å²) in [6.07, 6.45) is 2.84. The Kier molecular flexibility index (Phi) is 3.33. The van der Waals surface area contributed by atoms with E-state index in [-0.39, 0.29) is 18.6 Å². The number of fused-ring (bicyclic) bond motifs is 1. The van der Waals surface area contributed by atoms with E-state index in [1.807, 2.05) is 6.07 Å². The van der Waals surface area contributed by atoms with Crippen molar-refractivity contribution in [2.75, 3.05) is 13.6 Å². The van der Waals surface area contributed by atoms with Gasteiger partial charge in [-0.05, 0) is 25.7 Å². The molecule has 0 aliphatic carbocycles. The minimum Gasteiger partial charge on any atom is -0.318 e. The quantitative estimate of drug-likeness (QED) is 0.575. The van der Waals surface area contributed by atoms with Gasteiger partial charge in [0.25, 0.3) is 0 Å². The van der Waals surface area contributed by atoms with E-state index in [9.17, 15) is 0 Å². The number of nitrogens with zero attached hydrogens (tertiary/aromatic N) is 2. The molecule has 0 saturated carbocycles. The van der Waals surface area contributed by atoms with Crippen molar-refractivity contribution in [1.82, 2.24) is 9.88 Å². The Morgan fingerprint density at radius 3 is 3.25 bits per heavy atom. The maximum Gasteiger partial charge on any atom is 0.000578 e. The summed E-state index contributed by atoms with van der Waals surface area (Å²) in [7, 11) is 2.13. The Morgan fingerprint density at radius 2 is 2.42 bits per heavy atom. The first-order valence-corrected chi connectivity index (χ1v) is 3.88. The van der Waals surface area contributed by atoms with Crippen molar-refractivity contribution in [2.45, 2.75) is 13.0 Å². The molecule has 0 amide bonds. The standard InChI is InChI=1S/C9H11N2.V/c1-11-6-4-9-8(7-11)3-2-5-10-9;/h3,5H,4,6-7H2,1H3;/q-1;. The van der Waals surface area contributed by atoms with Crippen LogP contribution in [0.5, 0.6) is 0 Å². The van der Waals surface area contributed by atoms with Gasteiger partial charge in [0.15, 0.2) is 0 Å². The molecule has 0 spiro atoms. The largest absolute Gasteiger partial charge is 0.318 e. The van der Waals surface area contributed by atoms with Gasteiger partial charge in [-0.1, -0.05) is 6.20 Å². The molecule has 2 heterocycles. The van der Waals surface area contributed by atoms with Crippen LogP contribution in [0.2, 0.25) is 0 Å². The van der Waals surface area contributed by atoms with Crippen LogP contribution >= 0.6 is 0 Å². The van der Waals surface area contributed by atoms with Gasteiger partial charge in [0.1, 0.15) is 0 Å². The number of hydrogen-bond donors (Lipinski definition) is 0. The SMILES string of the molecule is CN1CCc2nc[c-]cc2C1.[V]. The second-order valence-corrected chi connectivity index (χ2v) is 3.03. The molecular formula is C9H11N2V-. The molecule has 0 bridgehead atoms. The molecule has 63 valence electrons. The Balaban J connectivity index is 0.000000720. The molecule has 2 nitrogen and oxygen atoms in total. The average molecular weight is 198 g/mol. The molecule has 0 fully saturated rings. The number of pyridine rings is 1. The molecule has 1 aliphatic heterocycles. The summed E-state index contributed by atoms with van der Waals surface area (Å²) in [5, 5.41) is 0. The molecule has 0 atom stereocenters. The molecule has 1 aromatic heterocycles. The van der Waals surface area contributed by atoms with Crippen molar-refractivity contribution in [3.05, 3.63) is 29.6 Å².